The molecule has 1 aliphatic rings. The molecule has 3 nitrogen and oxygen atoms in total. The molecule has 0 saturated carbocycles. The number of halogens is 5. The van der Waals surface area contributed by atoms with Crippen LogP contribution in [0.4, 0.5) is 23.2 Å². The zero-order chi connectivity index (χ0) is 17.0. The summed E-state index contributed by atoms with van der Waals surface area (Å²) in [5, 5.41) is 5.51. The van der Waals surface area contributed by atoms with Crippen molar-refractivity contribution in [1.82, 2.24) is 5.32 Å². The minimum Gasteiger partial charge on any atom is -0.324 e. The van der Waals surface area contributed by atoms with Crippen molar-refractivity contribution < 1.29 is 22.4 Å². The normalized spacial score (nSPS) is 19.3. The van der Waals surface area contributed by atoms with Crippen LogP contribution in [0, 0.1) is 17.7 Å². The van der Waals surface area contributed by atoms with Crippen LogP contribution in [0.25, 0.3) is 0 Å². The second-order valence-electron chi connectivity index (χ2n) is 6.03. The lowest BCUT2D eigenvalue weighted by molar-refractivity contribution is -0.137. The minimum absolute atomic E-state index is 0. The second-order valence-corrected chi connectivity index (χ2v) is 6.03. The fourth-order valence-electron chi connectivity index (χ4n) is 2.82. The van der Waals surface area contributed by atoms with Gasteiger partial charge < -0.3 is 10.6 Å². The monoisotopic (exact) mass is 368 g/mol. The van der Waals surface area contributed by atoms with E-state index in [1.54, 1.807) is 0 Å². The van der Waals surface area contributed by atoms with E-state index in [4.69, 9.17) is 0 Å². The Morgan fingerprint density at radius 3 is 2.71 bits per heavy atom. The van der Waals surface area contributed by atoms with Gasteiger partial charge >= 0.3 is 6.18 Å². The van der Waals surface area contributed by atoms with E-state index in [9.17, 15) is 22.4 Å². The predicted octanol–water partition coefficient (Wildman–Crippen LogP) is 4.23. The van der Waals surface area contributed by atoms with Gasteiger partial charge in [-0.05, 0) is 56.0 Å². The molecule has 1 aromatic carbocycles. The molecule has 0 radical (unpaired) electrons. The lowest BCUT2D eigenvalue weighted by atomic mass is 9.85. The number of carbonyl (C=O) groups is 1. The molecule has 2 unspecified atom stereocenters. The zero-order valence-corrected chi connectivity index (χ0v) is 14.1. The fraction of sp³-hybridized carbons (Fsp3) is 0.562. The van der Waals surface area contributed by atoms with Gasteiger partial charge in [0, 0.05) is 6.42 Å². The summed E-state index contributed by atoms with van der Waals surface area (Å²) >= 11 is 0. The average molecular weight is 369 g/mol. The number of rotatable bonds is 4. The first-order chi connectivity index (χ1) is 10.8. The van der Waals surface area contributed by atoms with Crippen LogP contribution < -0.4 is 10.6 Å². The minimum atomic E-state index is -4.58. The highest BCUT2D eigenvalue weighted by Crippen LogP contribution is 2.32. The van der Waals surface area contributed by atoms with Gasteiger partial charge in [-0.3, -0.25) is 4.79 Å². The standard InChI is InChI=1S/C16H20F4N2O.ClH/c1-10(11-3-2-6-21-9-11)7-15(23)22-14-8-12(16(18,19)20)4-5-13(14)17;/h4-5,8,10-11,21H,2-3,6-7,9H2,1H3,(H,22,23);1H. The van der Waals surface area contributed by atoms with E-state index in [0.717, 1.165) is 25.9 Å². The molecule has 1 heterocycles. The molecule has 1 fully saturated rings. The molecule has 1 aliphatic heterocycles. The Kier molecular flexibility index (Phi) is 7.48. The van der Waals surface area contributed by atoms with Gasteiger partial charge in [-0.2, -0.15) is 13.2 Å². The molecule has 2 rings (SSSR count). The first-order valence-electron chi connectivity index (χ1n) is 7.64. The molecular formula is C16H21ClF4N2O. The molecule has 0 aliphatic carbocycles. The van der Waals surface area contributed by atoms with Crippen molar-refractivity contribution in [2.45, 2.75) is 32.4 Å². The maximum Gasteiger partial charge on any atom is 0.416 e. The van der Waals surface area contributed by atoms with Crippen molar-refractivity contribution in [2.75, 3.05) is 18.4 Å². The summed E-state index contributed by atoms with van der Waals surface area (Å²) < 4.78 is 51.6. The van der Waals surface area contributed by atoms with Crippen molar-refractivity contribution >= 4 is 24.0 Å². The van der Waals surface area contributed by atoms with Crippen LogP contribution in [0.5, 0.6) is 0 Å². The zero-order valence-electron chi connectivity index (χ0n) is 13.3. The van der Waals surface area contributed by atoms with E-state index < -0.39 is 29.2 Å². The fourth-order valence-corrected chi connectivity index (χ4v) is 2.82. The molecule has 1 aromatic rings. The van der Waals surface area contributed by atoms with E-state index in [-0.39, 0.29) is 24.7 Å². The van der Waals surface area contributed by atoms with Crippen LogP contribution >= 0.6 is 12.4 Å². The van der Waals surface area contributed by atoms with Crippen LogP contribution in [-0.4, -0.2) is 19.0 Å². The van der Waals surface area contributed by atoms with E-state index >= 15 is 0 Å². The highest BCUT2D eigenvalue weighted by atomic mass is 35.5. The van der Waals surface area contributed by atoms with Gasteiger partial charge in [0.05, 0.1) is 11.3 Å². The Balaban J connectivity index is 0.00000288. The van der Waals surface area contributed by atoms with Crippen LogP contribution in [0.1, 0.15) is 31.7 Å². The van der Waals surface area contributed by atoms with E-state index in [2.05, 4.69) is 10.6 Å². The third-order valence-electron chi connectivity index (χ3n) is 4.21. The number of hydrogen-bond donors (Lipinski definition) is 2. The van der Waals surface area contributed by atoms with Crippen molar-refractivity contribution in [3.8, 4) is 0 Å². The largest absolute Gasteiger partial charge is 0.416 e. The topological polar surface area (TPSA) is 41.1 Å². The molecule has 0 spiro atoms. The molecule has 1 amide bonds. The van der Waals surface area contributed by atoms with Gasteiger partial charge in [-0.15, -0.1) is 12.4 Å². The maximum absolute atomic E-state index is 13.6. The quantitative estimate of drug-likeness (QED) is 0.781. The summed E-state index contributed by atoms with van der Waals surface area (Å²) in [6.45, 7) is 3.72. The summed E-state index contributed by atoms with van der Waals surface area (Å²) in [6, 6.07) is 1.99. The average Bonchev–Trinajstić information content (AvgIpc) is 2.49. The van der Waals surface area contributed by atoms with E-state index in [0.29, 0.717) is 24.1 Å². The number of anilines is 1. The van der Waals surface area contributed by atoms with Gasteiger partial charge in [-0.1, -0.05) is 6.92 Å². The lowest BCUT2D eigenvalue weighted by Gasteiger charge is -2.28. The van der Waals surface area contributed by atoms with Gasteiger partial charge in [0.15, 0.2) is 0 Å². The molecule has 2 atom stereocenters. The third-order valence-corrected chi connectivity index (χ3v) is 4.21. The summed E-state index contributed by atoms with van der Waals surface area (Å²) in [5.41, 5.74) is -1.42. The lowest BCUT2D eigenvalue weighted by Crippen LogP contribution is -2.34. The van der Waals surface area contributed by atoms with Crippen LogP contribution in [0.3, 0.4) is 0 Å². The predicted molar refractivity (Wildman–Crippen MR) is 86.7 cm³/mol. The number of carbonyl (C=O) groups excluding carboxylic acids is 1. The molecule has 8 heteroatoms. The molecule has 2 N–H and O–H groups in total. The first-order valence-corrected chi connectivity index (χ1v) is 7.64. The van der Waals surface area contributed by atoms with Gasteiger partial charge in [0.2, 0.25) is 5.91 Å². The van der Waals surface area contributed by atoms with Crippen LogP contribution in [-0.2, 0) is 11.0 Å². The Bertz CT molecular complexity index is 559. The molecule has 0 bridgehead atoms. The number of nitrogens with one attached hydrogen (secondary N) is 2. The van der Waals surface area contributed by atoms with Gasteiger partial charge in [-0.25, -0.2) is 4.39 Å². The SMILES string of the molecule is CC(CC(=O)Nc1cc(C(F)(F)F)ccc1F)C1CCCNC1.Cl. The Labute approximate surface area is 144 Å². The number of benzene rings is 1. The van der Waals surface area contributed by atoms with Crippen molar-refractivity contribution in [2.24, 2.45) is 11.8 Å². The third kappa shape index (κ3) is 5.63. The number of amides is 1. The Morgan fingerprint density at radius 1 is 1.42 bits per heavy atom. The van der Waals surface area contributed by atoms with E-state index in [1.807, 2.05) is 6.92 Å². The smallest absolute Gasteiger partial charge is 0.324 e. The Hall–Kier alpha value is -1.34. The highest BCUT2D eigenvalue weighted by molar-refractivity contribution is 5.91. The molecule has 0 aromatic heterocycles. The summed E-state index contributed by atoms with van der Waals surface area (Å²) in [7, 11) is 0. The van der Waals surface area contributed by atoms with Crippen LogP contribution in [0.2, 0.25) is 0 Å². The van der Waals surface area contributed by atoms with E-state index in [1.165, 1.54) is 0 Å². The van der Waals surface area contributed by atoms with Crippen molar-refractivity contribution in [3.05, 3.63) is 29.6 Å². The first kappa shape index (κ1) is 20.7. The van der Waals surface area contributed by atoms with Crippen LogP contribution in [0.15, 0.2) is 18.2 Å². The molecule has 1 saturated heterocycles. The summed E-state index contributed by atoms with van der Waals surface area (Å²) in [4.78, 5) is 12.0. The summed E-state index contributed by atoms with van der Waals surface area (Å²) in [5.74, 6) is -0.919. The molecule has 136 valence electrons. The second kappa shape index (κ2) is 8.67. The number of alkyl halides is 3. The molecule has 24 heavy (non-hydrogen) atoms. The Morgan fingerprint density at radius 2 is 2.12 bits per heavy atom. The summed E-state index contributed by atoms with van der Waals surface area (Å²) in [6.07, 6.45) is -2.37. The van der Waals surface area contributed by atoms with Crippen molar-refractivity contribution in [1.29, 1.82) is 0 Å². The number of piperidine rings is 1. The number of hydrogen-bond acceptors (Lipinski definition) is 2. The van der Waals surface area contributed by atoms with Crippen molar-refractivity contribution in [3.63, 3.8) is 0 Å². The highest BCUT2D eigenvalue weighted by Gasteiger charge is 2.31. The van der Waals surface area contributed by atoms with Gasteiger partial charge in [0.25, 0.3) is 0 Å². The van der Waals surface area contributed by atoms with Gasteiger partial charge in [0.1, 0.15) is 5.82 Å². The molecular weight excluding hydrogens is 348 g/mol. The maximum atomic E-state index is 13.6.